The zero-order valence-electron chi connectivity index (χ0n) is 19.2. The number of unbranched alkanes of at least 4 members (excludes halogenated alkanes) is 1. The number of aliphatic imine (C=N–C) groups is 1. The summed E-state index contributed by atoms with van der Waals surface area (Å²) in [6, 6.07) is 15.0. The van der Waals surface area contributed by atoms with Crippen molar-refractivity contribution in [2.75, 3.05) is 6.61 Å². The lowest BCUT2D eigenvalue weighted by molar-refractivity contribution is 0.0326. The third-order valence-corrected chi connectivity index (χ3v) is 6.82. The summed E-state index contributed by atoms with van der Waals surface area (Å²) >= 11 is 0. The predicted octanol–water partition coefficient (Wildman–Crippen LogP) is 5.87. The van der Waals surface area contributed by atoms with E-state index in [1.54, 1.807) is 12.1 Å². The molecule has 2 aromatic carbocycles. The molecule has 2 aliphatic rings. The molecule has 4 rings (SSSR count). The molecule has 2 aromatic rings. The van der Waals surface area contributed by atoms with Gasteiger partial charge in [0.2, 0.25) is 0 Å². The van der Waals surface area contributed by atoms with E-state index < -0.39 is 5.97 Å². The maximum Gasteiger partial charge on any atom is 0.336 e. The van der Waals surface area contributed by atoms with Crippen molar-refractivity contribution in [3.63, 3.8) is 0 Å². The van der Waals surface area contributed by atoms with Gasteiger partial charge in [0.25, 0.3) is 0 Å². The van der Waals surface area contributed by atoms with Crippen LogP contribution in [0.15, 0.2) is 64.8 Å². The number of ether oxygens (including phenoxy) is 1. The lowest BCUT2D eigenvalue weighted by Gasteiger charge is -2.36. The molecular formula is C28H33NO4. The lowest BCUT2D eigenvalue weighted by Crippen LogP contribution is -2.34. The quantitative estimate of drug-likeness (QED) is 0.503. The van der Waals surface area contributed by atoms with Crippen molar-refractivity contribution in [3.05, 3.63) is 70.9 Å². The van der Waals surface area contributed by atoms with Gasteiger partial charge in [0.15, 0.2) is 0 Å². The van der Waals surface area contributed by atoms with Crippen LogP contribution in [-0.4, -0.2) is 35.1 Å². The summed E-state index contributed by atoms with van der Waals surface area (Å²) in [6.07, 6.45) is 8.18. The molecule has 0 amide bonds. The number of rotatable bonds is 9. The standard InChI is InChI=1S/C28H33NO4/c1-2-3-6-22-16-29-26-14-11-20(17-30)15-25(26)27(22)33-18-19-9-12-21(13-10-19)23-7-4-5-8-24(23)28(31)32/h4-5,7-10,12-13,16,20,22,27,30H,2-3,6,11,14-15,17-18H2,1H3,(H,31,32). The Morgan fingerprint density at radius 3 is 2.67 bits per heavy atom. The zero-order valence-corrected chi connectivity index (χ0v) is 19.2. The Labute approximate surface area is 195 Å². The Balaban J connectivity index is 1.50. The molecule has 0 aromatic heterocycles. The van der Waals surface area contributed by atoms with E-state index in [0.29, 0.717) is 23.7 Å². The lowest BCUT2D eigenvalue weighted by atomic mass is 9.79. The second kappa shape index (κ2) is 10.9. The third kappa shape index (κ3) is 5.43. The van der Waals surface area contributed by atoms with Crippen LogP contribution >= 0.6 is 0 Å². The molecule has 33 heavy (non-hydrogen) atoms. The topological polar surface area (TPSA) is 79.1 Å². The summed E-state index contributed by atoms with van der Waals surface area (Å²) in [7, 11) is 0. The van der Waals surface area contributed by atoms with Gasteiger partial charge in [-0.2, -0.15) is 0 Å². The van der Waals surface area contributed by atoms with Gasteiger partial charge in [0.1, 0.15) is 0 Å². The molecule has 1 aliphatic heterocycles. The molecule has 5 nitrogen and oxygen atoms in total. The SMILES string of the molecule is CCCCC1C=NC2=C(CC(CO)CC2)C1OCc1ccc(-c2ccccc2C(=O)O)cc1. The fourth-order valence-corrected chi connectivity index (χ4v) is 4.92. The van der Waals surface area contributed by atoms with Crippen molar-refractivity contribution >= 4 is 12.2 Å². The second-order valence-electron chi connectivity index (χ2n) is 9.13. The molecule has 5 heteroatoms. The van der Waals surface area contributed by atoms with Gasteiger partial charge in [-0.15, -0.1) is 0 Å². The fraction of sp³-hybridized carbons (Fsp3) is 0.429. The van der Waals surface area contributed by atoms with Crippen LogP contribution in [0.1, 0.15) is 61.4 Å². The average molecular weight is 448 g/mol. The largest absolute Gasteiger partial charge is 0.478 e. The van der Waals surface area contributed by atoms with Gasteiger partial charge < -0.3 is 14.9 Å². The number of carboxylic acids is 1. The first-order valence-corrected chi connectivity index (χ1v) is 12.0. The van der Waals surface area contributed by atoms with Crippen molar-refractivity contribution in [3.8, 4) is 11.1 Å². The Morgan fingerprint density at radius 2 is 1.94 bits per heavy atom. The Hall–Kier alpha value is -2.76. The molecule has 0 fully saturated rings. The van der Waals surface area contributed by atoms with E-state index in [4.69, 9.17) is 9.73 Å². The summed E-state index contributed by atoms with van der Waals surface area (Å²) in [4.78, 5) is 16.3. The number of aliphatic hydroxyl groups is 1. The summed E-state index contributed by atoms with van der Waals surface area (Å²) in [6.45, 7) is 2.90. The highest BCUT2D eigenvalue weighted by Gasteiger charge is 2.33. The number of carboxylic acid groups (broad SMARTS) is 1. The number of nitrogens with zero attached hydrogens (tertiary/aromatic N) is 1. The number of hydrogen-bond acceptors (Lipinski definition) is 4. The van der Waals surface area contributed by atoms with E-state index in [1.807, 2.05) is 36.4 Å². The predicted molar refractivity (Wildman–Crippen MR) is 130 cm³/mol. The molecular weight excluding hydrogens is 414 g/mol. The highest BCUT2D eigenvalue weighted by atomic mass is 16.5. The summed E-state index contributed by atoms with van der Waals surface area (Å²) in [5.74, 6) is -0.362. The van der Waals surface area contributed by atoms with Gasteiger partial charge in [-0.3, -0.25) is 4.99 Å². The van der Waals surface area contributed by atoms with Gasteiger partial charge in [-0.1, -0.05) is 62.2 Å². The molecule has 0 saturated heterocycles. The van der Waals surface area contributed by atoms with Crippen molar-refractivity contribution in [1.29, 1.82) is 0 Å². The number of carbonyl (C=O) groups is 1. The number of aliphatic hydroxyl groups excluding tert-OH is 1. The molecule has 174 valence electrons. The molecule has 0 saturated carbocycles. The van der Waals surface area contributed by atoms with E-state index in [1.165, 1.54) is 5.57 Å². The maximum absolute atomic E-state index is 11.6. The molecule has 0 radical (unpaired) electrons. The van der Waals surface area contributed by atoms with Crippen molar-refractivity contribution in [2.24, 2.45) is 16.8 Å². The minimum absolute atomic E-state index is 0.00538. The minimum Gasteiger partial charge on any atom is -0.478 e. The maximum atomic E-state index is 11.6. The number of allylic oxidation sites excluding steroid dienone is 1. The first-order valence-electron chi connectivity index (χ1n) is 12.0. The van der Waals surface area contributed by atoms with Gasteiger partial charge in [-0.05, 0) is 59.9 Å². The third-order valence-electron chi connectivity index (χ3n) is 6.82. The Bertz CT molecular complexity index is 1020. The van der Waals surface area contributed by atoms with Gasteiger partial charge in [0, 0.05) is 24.4 Å². The summed E-state index contributed by atoms with van der Waals surface area (Å²) in [5.41, 5.74) is 5.38. The zero-order chi connectivity index (χ0) is 23.2. The molecule has 1 aliphatic carbocycles. The van der Waals surface area contributed by atoms with Gasteiger partial charge >= 0.3 is 5.97 Å². The number of hydrogen-bond donors (Lipinski definition) is 2. The molecule has 0 spiro atoms. The van der Waals surface area contributed by atoms with Crippen LogP contribution in [0.4, 0.5) is 0 Å². The smallest absolute Gasteiger partial charge is 0.336 e. The Morgan fingerprint density at radius 1 is 1.15 bits per heavy atom. The number of benzene rings is 2. The molecule has 0 bridgehead atoms. The van der Waals surface area contributed by atoms with Crippen LogP contribution in [0.3, 0.4) is 0 Å². The molecule has 3 unspecified atom stereocenters. The highest BCUT2D eigenvalue weighted by Crippen LogP contribution is 2.39. The van der Waals surface area contributed by atoms with Crippen molar-refractivity contribution < 1.29 is 19.7 Å². The van der Waals surface area contributed by atoms with E-state index in [2.05, 4.69) is 13.1 Å². The fourth-order valence-electron chi connectivity index (χ4n) is 4.92. The minimum atomic E-state index is -0.923. The Kier molecular flexibility index (Phi) is 7.73. The molecule has 3 atom stereocenters. The van der Waals surface area contributed by atoms with Crippen LogP contribution in [0.5, 0.6) is 0 Å². The van der Waals surface area contributed by atoms with E-state index >= 15 is 0 Å². The first-order chi connectivity index (χ1) is 16.1. The van der Waals surface area contributed by atoms with E-state index in [0.717, 1.165) is 55.3 Å². The van der Waals surface area contributed by atoms with Crippen molar-refractivity contribution in [2.45, 2.75) is 58.2 Å². The average Bonchev–Trinajstić information content (AvgIpc) is 2.86. The van der Waals surface area contributed by atoms with Gasteiger partial charge in [-0.25, -0.2) is 4.79 Å². The van der Waals surface area contributed by atoms with Crippen LogP contribution in [0, 0.1) is 11.8 Å². The van der Waals surface area contributed by atoms with Crippen molar-refractivity contribution in [1.82, 2.24) is 0 Å². The normalized spacial score (nSPS) is 22.3. The first kappa shape index (κ1) is 23.4. The van der Waals surface area contributed by atoms with Crippen LogP contribution < -0.4 is 0 Å². The van der Waals surface area contributed by atoms with Crippen LogP contribution in [-0.2, 0) is 11.3 Å². The van der Waals surface area contributed by atoms with E-state index in [9.17, 15) is 15.0 Å². The monoisotopic (exact) mass is 447 g/mol. The summed E-state index contributed by atoms with van der Waals surface area (Å²) in [5, 5.41) is 19.2. The number of aromatic carboxylic acids is 1. The van der Waals surface area contributed by atoms with E-state index in [-0.39, 0.29) is 18.6 Å². The van der Waals surface area contributed by atoms with Crippen LogP contribution in [0.25, 0.3) is 11.1 Å². The molecule has 2 N–H and O–H groups in total. The van der Waals surface area contributed by atoms with Crippen LogP contribution in [0.2, 0.25) is 0 Å². The highest BCUT2D eigenvalue weighted by molar-refractivity contribution is 5.95. The molecule has 1 heterocycles. The second-order valence-corrected chi connectivity index (χ2v) is 9.13. The van der Waals surface area contributed by atoms with Gasteiger partial charge in [0.05, 0.1) is 18.3 Å². The summed E-state index contributed by atoms with van der Waals surface area (Å²) < 4.78 is 6.52.